The van der Waals surface area contributed by atoms with Gasteiger partial charge in [0.2, 0.25) is 15.9 Å². The van der Waals surface area contributed by atoms with Crippen molar-refractivity contribution in [3.8, 4) is 0 Å². The summed E-state index contributed by atoms with van der Waals surface area (Å²) >= 11 is 0. The van der Waals surface area contributed by atoms with E-state index in [0.29, 0.717) is 18.5 Å². The number of hydrogen-bond donors (Lipinski definition) is 1. The zero-order chi connectivity index (χ0) is 20.9. The maximum Gasteiger partial charge on any atom is 0.244 e. The molecule has 0 radical (unpaired) electrons. The first-order valence-electron chi connectivity index (χ1n) is 9.60. The molecule has 0 bridgehead atoms. The number of nitrogens with zero attached hydrogens (tertiary/aromatic N) is 1. The van der Waals surface area contributed by atoms with Crippen LogP contribution in [0.15, 0.2) is 48.5 Å². The third-order valence-corrected chi connectivity index (χ3v) is 5.97. The second-order valence-corrected chi connectivity index (χ2v) is 9.06. The summed E-state index contributed by atoms with van der Waals surface area (Å²) in [5.74, 6) is -0.290. The number of benzene rings is 2. The van der Waals surface area contributed by atoms with Crippen LogP contribution in [0.4, 0.5) is 5.69 Å². The first-order chi connectivity index (χ1) is 13.2. The lowest BCUT2D eigenvalue weighted by molar-refractivity contribution is -0.123. The minimum absolute atomic E-state index is 0.166. The van der Waals surface area contributed by atoms with E-state index in [0.717, 1.165) is 22.9 Å². The van der Waals surface area contributed by atoms with Gasteiger partial charge >= 0.3 is 0 Å². The van der Waals surface area contributed by atoms with Gasteiger partial charge in [0.15, 0.2) is 0 Å². The number of aryl methyl sites for hydroxylation is 2. The van der Waals surface area contributed by atoms with Gasteiger partial charge < -0.3 is 5.32 Å². The van der Waals surface area contributed by atoms with E-state index in [1.165, 1.54) is 4.31 Å². The Morgan fingerprint density at radius 1 is 1.00 bits per heavy atom. The Balaban J connectivity index is 2.34. The largest absolute Gasteiger partial charge is 0.347 e. The molecule has 0 fully saturated rings. The fraction of sp³-hybridized carbons (Fsp3) is 0.409. The van der Waals surface area contributed by atoms with Gasteiger partial charge in [-0.25, -0.2) is 8.42 Å². The number of carbonyl (C=O) groups excluding carboxylic acids is 1. The molecule has 6 heteroatoms. The van der Waals surface area contributed by atoms with Gasteiger partial charge in [0.25, 0.3) is 0 Å². The Labute approximate surface area is 168 Å². The number of carbonyl (C=O) groups is 1. The Morgan fingerprint density at radius 3 is 2.14 bits per heavy atom. The second kappa shape index (κ2) is 9.24. The quantitative estimate of drug-likeness (QED) is 0.722. The molecule has 0 aliphatic carbocycles. The van der Waals surface area contributed by atoms with Crippen LogP contribution < -0.4 is 9.62 Å². The van der Waals surface area contributed by atoms with Crippen molar-refractivity contribution in [2.45, 2.75) is 52.6 Å². The van der Waals surface area contributed by atoms with Crippen LogP contribution in [0.25, 0.3) is 0 Å². The number of nitrogens with one attached hydrogen (secondary N) is 1. The van der Waals surface area contributed by atoms with Crippen LogP contribution in [-0.4, -0.2) is 26.6 Å². The first-order valence-corrected chi connectivity index (χ1v) is 11.4. The molecule has 2 atom stereocenters. The van der Waals surface area contributed by atoms with E-state index in [1.54, 1.807) is 18.2 Å². The zero-order valence-electron chi connectivity index (χ0n) is 17.3. The van der Waals surface area contributed by atoms with Crippen molar-refractivity contribution >= 4 is 21.6 Å². The van der Waals surface area contributed by atoms with Gasteiger partial charge in [-0.05, 0) is 49.9 Å². The van der Waals surface area contributed by atoms with E-state index < -0.39 is 16.1 Å². The third-order valence-electron chi connectivity index (χ3n) is 4.79. The lowest BCUT2D eigenvalue weighted by atomic mass is 10.0. The molecule has 5 nitrogen and oxygen atoms in total. The molecule has 2 unspecified atom stereocenters. The molecule has 0 heterocycles. The predicted octanol–water partition coefficient (Wildman–Crippen LogP) is 4.12. The van der Waals surface area contributed by atoms with Crippen LogP contribution in [0.5, 0.6) is 0 Å². The Bertz CT molecular complexity index is 908. The van der Waals surface area contributed by atoms with Gasteiger partial charge in [0.1, 0.15) is 6.04 Å². The van der Waals surface area contributed by atoms with Crippen LogP contribution >= 0.6 is 0 Å². The maximum absolute atomic E-state index is 13.1. The average molecular weight is 403 g/mol. The smallest absolute Gasteiger partial charge is 0.244 e. The van der Waals surface area contributed by atoms with Crippen molar-refractivity contribution in [2.24, 2.45) is 0 Å². The van der Waals surface area contributed by atoms with Crippen LogP contribution in [0.3, 0.4) is 0 Å². The number of amides is 1. The number of hydrogen-bond acceptors (Lipinski definition) is 3. The molecule has 0 saturated carbocycles. The normalized spacial score (nSPS) is 13.6. The van der Waals surface area contributed by atoms with Gasteiger partial charge in [-0.1, -0.05) is 55.8 Å². The molecule has 0 spiro atoms. The van der Waals surface area contributed by atoms with Gasteiger partial charge in [0.05, 0.1) is 18.0 Å². The monoisotopic (exact) mass is 402 g/mol. The molecular weight excluding hydrogens is 372 g/mol. The van der Waals surface area contributed by atoms with E-state index >= 15 is 0 Å². The molecular formula is C22H30N2O3S. The van der Waals surface area contributed by atoms with E-state index in [-0.39, 0.29) is 11.9 Å². The molecule has 152 valence electrons. The summed E-state index contributed by atoms with van der Waals surface area (Å²) in [5, 5.41) is 3.05. The third kappa shape index (κ3) is 5.35. The Kier molecular flexibility index (Phi) is 7.24. The van der Waals surface area contributed by atoms with Crippen LogP contribution in [0, 0.1) is 13.8 Å². The maximum atomic E-state index is 13.1. The molecule has 0 aromatic heterocycles. The van der Waals surface area contributed by atoms with Crippen LogP contribution in [-0.2, 0) is 14.8 Å². The lowest BCUT2D eigenvalue weighted by Gasteiger charge is -2.31. The minimum Gasteiger partial charge on any atom is -0.347 e. The van der Waals surface area contributed by atoms with Crippen LogP contribution in [0.1, 0.15) is 49.4 Å². The molecule has 2 aromatic carbocycles. The molecule has 0 aliphatic rings. The van der Waals surface area contributed by atoms with Crippen LogP contribution in [0.2, 0.25) is 0 Å². The molecule has 2 rings (SSSR count). The van der Waals surface area contributed by atoms with Crippen molar-refractivity contribution in [1.82, 2.24) is 5.32 Å². The zero-order valence-corrected chi connectivity index (χ0v) is 18.1. The molecule has 1 amide bonds. The Morgan fingerprint density at radius 2 is 1.64 bits per heavy atom. The minimum atomic E-state index is -3.63. The number of anilines is 1. The summed E-state index contributed by atoms with van der Waals surface area (Å²) in [6.07, 6.45) is 2.23. The summed E-state index contributed by atoms with van der Waals surface area (Å²) in [7, 11) is -3.63. The summed E-state index contributed by atoms with van der Waals surface area (Å²) < 4.78 is 26.3. The molecule has 0 saturated heterocycles. The van der Waals surface area contributed by atoms with E-state index in [4.69, 9.17) is 0 Å². The predicted molar refractivity (Wildman–Crippen MR) is 115 cm³/mol. The lowest BCUT2D eigenvalue weighted by Crippen LogP contribution is -2.50. The summed E-state index contributed by atoms with van der Waals surface area (Å²) in [6, 6.07) is 14.3. The summed E-state index contributed by atoms with van der Waals surface area (Å²) in [5.41, 5.74) is 3.61. The topological polar surface area (TPSA) is 66.5 Å². The summed E-state index contributed by atoms with van der Waals surface area (Å²) in [4.78, 5) is 13.1. The van der Waals surface area contributed by atoms with Crippen molar-refractivity contribution in [2.75, 3.05) is 10.6 Å². The fourth-order valence-electron chi connectivity index (χ4n) is 3.31. The van der Waals surface area contributed by atoms with Gasteiger partial charge in [-0.2, -0.15) is 0 Å². The van der Waals surface area contributed by atoms with Gasteiger partial charge in [0, 0.05) is 0 Å². The highest BCUT2D eigenvalue weighted by Crippen LogP contribution is 2.25. The fourth-order valence-corrected chi connectivity index (χ4v) is 4.52. The molecule has 28 heavy (non-hydrogen) atoms. The number of rotatable bonds is 8. The molecule has 0 aliphatic heterocycles. The highest BCUT2D eigenvalue weighted by molar-refractivity contribution is 7.92. The van der Waals surface area contributed by atoms with E-state index in [1.807, 2.05) is 58.0 Å². The van der Waals surface area contributed by atoms with Crippen molar-refractivity contribution in [1.29, 1.82) is 0 Å². The van der Waals surface area contributed by atoms with E-state index in [2.05, 4.69) is 5.32 Å². The van der Waals surface area contributed by atoms with E-state index in [9.17, 15) is 13.2 Å². The highest BCUT2D eigenvalue weighted by Gasteiger charge is 2.32. The Hall–Kier alpha value is -2.34. The molecule has 2 aromatic rings. The average Bonchev–Trinajstić information content (AvgIpc) is 2.63. The van der Waals surface area contributed by atoms with Gasteiger partial charge in [-0.3, -0.25) is 9.10 Å². The molecule has 1 N–H and O–H groups in total. The second-order valence-electron chi connectivity index (χ2n) is 7.20. The first kappa shape index (κ1) is 22.0. The van der Waals surface area contributed by atoms with Crippen molar-refractivity contribution in [3.63, 3.8) is 0 Å². The number of sulfonamides is 1. The van der Waals surface area contributed by atoms with Crippen molar-refractivity contribution < 1.29 is 13.2 Å². The van der Waals surface area contributed by atoms with Crippen molar-refractivity contribution in [3.05, 3.63) is 65.2 Å². The highest BCUT2D eigenvalue weighted by atomic mass is 32.2. The van der Waals surface area contributed by atoms with Gasteiger partial charge in [-0.15, -0.1) is 0 Å². The standard InChI is InChI=1S/C22H30N2O3S/c1-6-20(18-13-11-16(3)12-14-18)23-22(25)21(7-2)24(28(5,26)27)19-10-8-9-17(4)15-19/h8-15,20-21H,6-7H2,1-5H3,(H,23,25). The SMILES string of the molecule is CCC(NC(=O)C(CC)N(c1cccc(C)c1)S(C)(=O)=O)c1ccc(C)cc1. The summed E-state index contributed by atoms with van der Waals surface area (Å²) in [6.45, 7) is 7.74.